The topological polar surface area (TPSA) is 116 Å². The Morgan fingerprint density at radius 1 is 0.974 bits per heavy atom. The number of nitrogen functional groups attached to an aromatic ring is 1. The van der Waals surface area contributed by atoms with Crippen molar-refractivity contribution >= 4 is 28.7 Å². The van der Waals surface area contributed by atoms with Gasteiger partial charge < -0.3 is 20.4 Å². The molecule has 0 saturated carbocycles. The van der Waals surface area contributed by atoms with Gasteiger partial charge in [0.2, 0.25) is 0 Å². The molecule has 0 saturated heterocycles. The monoisotopic (exact) mass is 529 g/mol. The minimum Gasteiger partial charge on any atom is -0.508 e. The van der Waals surface area contributed by atoms with Crippen molar-refractivity contribution in [3.05, 3.63) is 101 Å². The number of ether oxygens (including phenoxy) is 1. The Hall–Kier alpha value is -5.19. The molecule has 0 radical (unpaired) electrons. The third-order valence-corrected chi connectivity index (χ3v) is 6.43. The van der Waals surface area contributed by atoms with Crippen molar-refractivity contribution in [3.8, 4) is 22.8 Å². The van der Waals surface area contributed by atoms with E-state index in [0.717, 1.165) is 6.07 Å². The Kier molecular flexibility index (Phi) is 5.75. The average molecular weight is 529 g/mol. The van der Waals surface area contributed by atoms with Gasteiger partial charge in [-0.15, -0.1) is 0 Å². The predicted octanol–water partition coefficient (Wildman–Crippen LogP) is 4.98. The summed E-state index contributed by atoms with van der Waals surface area (Å²) in [6, 6.07) is 12.9. The number of rotatable bonds is 5. The fraction of sp³-hybridized carbons (Fsp3) is 0.0714. The summed E-state index contributed by atoms with van der Waals surface area (Å²) in [5, 5.41) is 14.9. The molecule has 6 rings (SSSR count). The first-order valence-corrected chi connectivity index (χ1v) is 11.7. The number of carbonyl (C=O) groups excluding carboxylic acids is 1. The highest BCUT2D eigenvalue weighted by Crippen LogP contribution is 2.44. The molecule has 3 heterocycles. The lowest BCUT2D eigenvalue weighted by Crippen LogP contribution is -2.20. The van der Waals surface area contributed by atoms with E-state index < -0.39 is 23.4 Å². The van der Waals surface area contributed by atoms with Crippen molar-refractivity contribution in [1.82, 2.24) is 19.7 Å². The minimum atomic E-state index is -0.970. The van der Waals surface area contributed by atoms with Crippen molar-refractivity contribution in [3.63, 3.8) is 0 Å². The Morgan fingerprint density at radius 3 is 2.54 bits per heavy atom. The standard InChI is InChI=1S/C28H18F3N5O3/c29-16-3-1-2-14(6-16)24-21(12-37)20-10-17(30)4-5-22(20)39-23(24)11-36-28-25(27(32)33-13-34-28)26(35-36)15-7-18(31)9-19(38)8-15/h1-10,12-13,21,38H,11H2,(H2,32,33,34). The number of allylic oxidation sites excluding steroid dienone is 2. The van der Waals surface area contributed by atoms with E-state index in [1.54, 1.807) is 6.07 Å². The molecule has 0 spiro atoms. The van der Waals surface area contributed by atoms with E-state index in [1.807, 2.05) is 0 Å². The van der Waals surface area contributed by atoms with Crippen LogP contribution in [0, 0.1) is 17.5 Å². The van der Waals surface area contributed by atoms with Crippen molar-refractivity contribution in [2.24, 2.45) is 0 Å². The van der Waals surface area contributed by atoms with Gasteiger partial charge in [-0.25, -0.2) is 27.8 Å². The van der Waals surface area contributed by atoms with Gasteiger partial charge in [0.15, 0.2) is 5.65 Å². The van der Waals surface area contributed by atoms with Crippen LogP contribution in [0.15, 0.2) is 72.8 Å². The van der Waals surface area contributed by atoms with Gasteiger partial charge in [0.25, 0.3) is 0 Å². The maximum atomic E-state index is 14.3. The molecule has 3 aromatic carbocycles. The van der Waals surface area contributed by atoms with Crippen molar-refractivity contribution < 1.29 is 27.8 Å². The highest BCUT2D eigenvalue weighted by atomic mass is 19.1. The SMILES string of the molecule is Nc1ncnc2c1c(-c1cc(O)cc(F)c1)nn2CC1=C(c2cccc(F)c2)C(C=O)c2cc(F)ccc2O1. The first kappa shape index (κ1) is 24.2. The maximum Gasteiger partial charge on any atom is 0.164 e. The van der Waals surface area contributed by atoms with Crippen LogP contribution in [0.4, 0.5) is 19.0 Å². The normalized spacial score (nSPS) is 14.8. The molecule has 39 heavy (non-hydrogen) atoms. The van der Waals surface area contributed by atoms with E-state index in [1.165, 1.54) is 59.5 Å². The molecule has 5 aromatic rings. The number of nitrogens with two attached hydrogens (primary N) is 1. The Morgan fingerprint density at radius 2 is 1.77 bits per heavy atom. The summed E-state index contributed by atoms with van der Waals surface area (Å²) >= 11 is 0. The summed E-state index contributed by atoms with van der Waals surface area (Å²) < 4.78 is 50.1. The zero-order valence-electron chi connectivity index (χ0n) is 20.0. The third-order valence-electron chi connectivity index (χ3n) is 6.43. The Bertz CT molecular complexity index is 1800. The van der Waals surface area contributed by atoms with Crippen molar-refractivity contribution in [2.75, 3.05) is 5.73 Å². The number of phenols is 1. The summed E-state index contributed by atoms with van der Waals surface area (Å²) in [7, 11) is 0. The van der Waals surface area contributed by atoms with Crippen LogP contribution in [0.1, 0.15) is 17.0 Å². The summed E-state index contributed by atoms with van der Waals surface area (Å²) in [6.45, 7) is -0.110. The minimum absolute atomic E-state index is 0.0699. The van der Waals surface area contributed by atoms with E-state index in [2.05, 4.69) is 15.1 Å². The van der Waals surface area contributed by atoms with Gasteiger partial charge in [0.1, 0.15) is 65.4 Å². The van der Waals surface area contributed by atoms with Crippen LogP contribution in [0.2, 0.25) is 0 Å². The predicted molar refractivity (Wildman–Crippen MR) is 136 cm³/mol. The summed E-state index contributed by atoms with van der Waals surface area (Å²) in [4.78, 5) is 20.7. The molecule has 1 unspecified atom stereocenters. The summed E-state index contributed by atoms with van der Waals surface area (Å²) in [5.74, 6) is -2.51. The lowest BCUT2D eigenvalue weighted by atomic mass is 9.84. The van der Waals surface area contributed by atoms with E-state index >= 15 is 0 Å². The number of hydrogen-bond donors (Lipinski definition) is 2. The number of nitrogens with zero attached hydrogens (tertiary/aromatic N) is 4. The second-order valence-electron chi connectivity index (χ2n) is 8.91. The zero-order valence-corrected chi connectivity index (χ0v) is 20.0. The van der Waals surface area contributed by atoms with Crippen LogP contribution in [0.5, 0.6) is 11.5 Å². The second kappa shape index (κ2) is 9.28. The van der Waals surface area contributed by atoms with Crippen LogP contribution in [-0.2, 0) is 11.3 Å². The van der Waals surface area contributed by atoms with Gasteiger partial charge in [-0.1, -0.05) is 12.1 Å². The molecule has 1 aliphatic rings. The number of aldehydes is 1. The smallest absolute Gasteiger partial charge is 0.164 e. The van der Waals surface area contributed by atoms with Gasteiger partial charge in [0, 0.05) is 22.8 Å². The summed E-state index contributed by atoms with van der Waals surface area (Å²) in [5.41, 5.74) is 7.82. The molecule has 1 aliphatic heterocycles. The highest BCUT2D eigenvalue weighted by Gasteiger charge is 2.32. The molecule has 0 amide bonds. The fourth-order valence-corrected chi connectivity index (χ4v) is 4.82. The van der Waals surface area contributed by atoms with Crippen LogP contribution < -0.4 is 10.5 Å². The zero-order chi connectivity index (χ0) is 27.3. The molecule has 0 aliphatic carbocycles. The average Bonchev–Trinajstić information content (AvgIpc) is 3.27. The molecule has 3 N–H and O–H groups in total. The second-order valence-corrected chi connectivity index (χ2v) is 8.91. The maximum absolute atomic E-state index is 14.3. The van der Waals surface area contributed by atoms with E-state index in [0.29, 0.717) is 28.4 Å². The van der Waals surface area contributed by atoms with Gasteiger partial charge >= 0.3 is 0 Å². The summed E-state index contributed by atoms with van der Waals surface area (Å²) in [6.07, 6.45) is 1.88. The molecule has 2 aromatic heterocycles. The van der Waals surface area contributed by atoms with Gasteiger partial charge in [-0.3, -0.25) is 0 Å². The number of aromatic hydroxyl groups is 1. The van der Waals surface area contributed by atoms with Crippen molar-refractivity contribution in [2.45, 2.75) is 12.5 Å². The van der Waals surface area contributed by atoms with Gasteiger partial charge in [-0.05, 0) is 48.0 Å². The number of benzene rings is 3. The Labute approximate surface area is 218 Å². The van der Waals surface area contributed by atoms with Crippen LogP contribution in [-0.4, -0.2) is 31.1 Å². The molecular formula is C28H18F3N5O3. The molecule has 8 nitrogen and oxygen atoms in total. The number of hydrogen-bond acceptors (Lipinski definition) is 7. The van der Waals surface area contributed by atoms with E-state index in [-0.39, 0.29) is 46.5 Å². The number of phenolic OH excluding ortho intramolecular Hbond substituents is 1. The number of halogens is 3. The molecular weight excluding hydrogens is 511 g/mol. The lowest BCUT2D eigenvalue weighted by Gasteiger charge is -2.28. The van der Waals surface area contributed by atoms with Crippen LogP contribution >= 0.6 is 0 Å². The molecule has 0 bridgehead atoms. The van der Waals surface area contributed by atoms with Crippen LogP contribution in [0.3, 0.4) is 0 Å². The van der Waals surface area contributed by atoms with Crippen molar-refractivity contribution in [1.29, 1.82) is 0 Å². The third kappa shape index (κ3) is 4.23. The molecule has 0 fully saturated rings. The lowest BCUT2D eigenvalue weighted by molar-refractivity contribution is -0.108. The first-order chi connectivity index (χ1) is 18.8. The quantitative estimate of drug-likeness (QED) is 0.308. The molecule has 194 valence electrons. The number of aromatic nitrogens is 4. The molecule has 11 heteroatoms. The van der Waals surface area contributed by atoms with Gasteiger partial charge in [-0.2, -0.15) is 5.10 Å². The van der Waals surface area contributed by atoms with E-state index in [9.17, 15) is 23.1 Å². The number of carbonyl (C=O) groups is 1. The fourth-order valence-electron chi connectivity index (χ4n) is 4.82. The largest absolute Gasteiger partial charge is 0.508 e. The first-order valence-electron chi connectivity index (χ1n) is 11.7. The van der Waals surface area contributed by atoms with Gasteiger partial charge in [0.05, 0.1) is 11.3 Å². The van der Waals surface area contributed by atoms with Crippen LogP contribution in [0.25, 0.3) is 27.9 Å². The molecule has 1 atom stereocenters. The number of anilines is 1. The Balaban J connectivity index is 1.57. The van der Waals surface area contributed by atoms with E-state index in [4.69, 9.17) is 10.5 Å². The number of fused-ring (bicyclic) bond motifs is 2. The highest BCUT2D eigenvalue weighted by molar-refractivity contribution is 5.98.